The summed E-state index contributed by atoms with van der Waals surface area (Å²) in [5.41, 5.74) is -3.13. The number of ether oxygens (including phenoxy) is 1. The molecule has 0 amide bonds. The Hall–Kier alpha value is -2.32. The summed E-state index contributed by atoms with van der Waals surface area (Å²) >= 11 is 0. The third-order valence-electron chi connectivity index (χ3n) is 2.98. The van der Waals surface area contributed by atoms with Crippen molar-refractivity contribution in [2.24, 2.45) is 0 Å². The zero-order valence-electron chi connectivity index (χ0n) is 13.8. The van der Waals surface area contributed by atoms with Crippen LogP contribution in [0.2, 0.25) is 0 Å². The average molecular weight is 386 g/mol. The summed E-state index contributed by atoms with van der Waals surface area (Å²) in [5.74, 6) is -6.81. The Morgan fingerprint density at radius 3 is 1.69 bits per heavy atom. The molecular weight excluding hydrogens is 372 g/mol. The number of benzene rings is 2. The summed E-state index contributed by atoms with van der Waals surface area (Å²) < 4.78 is 109. The van der Waals surface area contributed by atoms with Crippen LogP contribution in [-0.2, 0) is 12.3 Å². The molecule has 0 saturated carbocycles. The fourth-order valence-electron chi connectivity index (χ4n) is 1.94. The van der Waals surface area contributed by atoms with Crippen LogP contribution in [0.1, 0.15) is 30.5 Å². The highest BCUT2D eigenvalue weighted by Crippen LogP contribution is 2.38. The second-order valence-electron chi connectivity index (χ2n) is 4.86. The number of alkyl halides is 5. The van der Waals surface area contributed by atoms with Gasteiger partial charge in [-0.15, -0.1) is 0 Å². The largest absolute Gasteiger partial charge is 0.429 e. The standard InChI is InChI=1S/C15H8F8O.C2H6/c1-7-2-3-9(10(16)4-7)15(22,23)24-8-5-11(17)13(12(18)6-8)14(19,20)21;1-2/h2-6H,1H3;1-2H3. The molecule has 26 heavy (non-hydrogen) atoms. The van der Waals surface area contributed by atoms with Gasteiger partial charge in [-0.2, -0.15) is 22.0 Å². The SMILES string of the molecule is CC.Cc1ccc(C(F)(F)Oc2cc(F)c(C(F)(F)F)c(F)c2)c(F)c1. The van der Waals surface area contributed by atoms with Gasteiger partial charge >= 0.3 is 12.3 Å². The molecule has 1 nitrogen and oxygen atoms in total. The molecule has 0 aliphatic heterocycles. The maximum atomic E-state index is 13.9. The van der Waals surface area contributed by atoms with Crippen molar-refractivity contribution in [3.8, 4) is 5.75 Å². The van der Waals surface area contributed by atoms with E-state index in [0.29, 0.717) is 11.6 Å². The summed E-state index contributed by atoms with van der Waals surface area (Å²) in [6, 6.07) is 2.52. The van der Waals surface area contributed by atoms with Gasteiger partial charge in [-0.05, 0) is 24.6 Å². The van der Waals surface area contributed by atoms with Crippen LogP contribution in [0.3, 0.4) is 0 Å². The second kappa shape index (κ2) is 7.92. The molecule has 0 aliphatic rings. The summed E-state index contributed by atoms with van der Waals surface area (Å²) in [6.45, 7) is 5.44. The van der Waals surface area contributed by atoms with Crippen LogP contribution in [0.4, 0.5) is 35.1 Å². The van der Waals surface area contributed by atoms with E-state index < -0.39 is 46.6 Å². The fourth-order valence-corrected chi connectivity index (χ4v) is 1.94. The van der Waals surface area contributed by atoms with Crippen LogP contribution in [0, 0.1) is 24.4 Å². The van der Waals surface area contributed by atoms with Crippen molar-refractivity contribution in [1.82, 2.24) is 0 Å². The summed E-state index contributed by atoms with van der Waals surface area (Å²) in [6.07, 6.45) is -9.70. The molecular formula is C17H14F8O. The van der Waals surface area contributed by atoms with Crippen LogP contribution in [-0.4, -0.2) is 0 Å². The normalized spacial score (nSPS) is 11.7. The first-order valence-electron chi connectivity index (χ1n) is 7.31. The maximum Gasteiger partial charge on any atom is 0.429 e. The van der Waals surface area contributed by atoms with E-state index in [9.17, 15) is 35.1 Å². The molecule has 0 atom stereocenters. The molecule has 0 radical (unpaired) electrons. The molecule has 0 aromatic heterocycles. The lowest BCUT2D eigenvalue weighted by Gasteiger charge is -2.20. The minimum Gasteiger partial charge on any atom is -0.429 e. The van der Waals surface area contributed by atoms with E-state index >= 15 is 0 Å². The molecule has 144 valence electrons. The van der Waals surface area contributed by atoms with Gasteiger partial charge in [-0.1, -0.05) is 19.9 Å². The average Bonchev–Trinajstić information content (AvgIpc) is 2.45. The number of halogens is 8. The van der Waals surface area contributed by atoms with Crippen LogP contribution < -0.4 is 4.74 Å². The Kier molecular flexibility index (Phi) is 6.62. The van der Waals surface area contributed by atoms with E-state index in [-0.39, 0.29) is 12.1 Å². The van der Waals surface area contributed by atoms with Gasteiger partial charge < -0.3 is 4.74 Å². The quantitative estimate of drug-likeness (QED) is 0.541. The highest BCUT2D eigenvalue weighted by Gasteiger charge is 2.41. The van der Waals surface area contributed by atoms with Crippen LogP contribution in [0.15, 0.2) is 30.3 Å². The van der Waals surface area contributed by atoms with Crippen molar-refractivity contribution in [2.75, 3.05) is 0 Å². The van der Waals surface area contributed by atoms with Crippen LogP contribution in [0.25, 0.3) is 0 Å². The highest BCUT2D eigenvalue weighted by molar-refractivity contribution is 5.34. The Morgan fingerprint density at radius 2 is 1.27 bits per heavy atom. The predicted octanol–water partition coefficient (Wildman–Crippen LogP) is 6.59. The number of hydrogen-bond donors (Lipinski definition) is 0. The van der Waals surface area contributed by atoms with E-state index in [4.69, 9.17) is 0 Å². The van der Waals surface area contributed by atoms with Crippen molar-refractivity contribution < 1.29 is 39.9 Å². The van der Waals surface area contributed by atoms with Gasteiger partial charge in [0.25, 0.3) is 0 Å². The Balaban J connectivity index is 0.00000163. The molecule has 0 N–H and O–H groups in total. The topological polar surface area (TPSA) is 9.23 Å². The van der Waals surface area contributed by atoms with E-state index in [0.717, 1.165) is 12.1 Å². The third-order valence-corrected chi connectivity index (χ3v) is 2.98. The second-order valence-corrected chi connectivity index (χ2v) is 4.86. The molecule has 0 heterocycles. The Labute approximate surface area is 144 Å². The molecule has 0 unspecified atom stereocenters. The van der Waals surface area contributed by atoms with Gasteiger partial charge in [0, 0.05) is 12.1 Å². The monoisotopic (exact) mass is 386 g/mol. The lowest BCUT2D eigenvalue weighted by atomic mass is 10.1. The van der Waals surface area contributed by atoms with E-state index in [1.807, 2.05) is 13.8 Å². The minimum atomic E-state index is -5.35. The third kappa shape index (κ3) is 4.86. The predicted molar refractivity (Wildman–Crippen MR) is 78.4 cm³/mol. The van der Waals surface area contributed by atoms with Gasteiger partial charge in [0.05, 0.1) is 5.56 Å². The molecule has 0 fully saturated rings. The van der Waals surface area contributed by atoms with Crippen molar-refractivity contribution >= 4 is 0 Å². The first-order valence-corrected chi connectivity index (χ1v) is 7.31. The van der Waals surface area contributed by atoms with Crippen molar-refractivity contribution in [3.05, 3.63) is 64.5 Å². The molecule has 2 rings (SSSR count). The van der Waals surface area contributed by atoms with E-state index in [2.05, 4.69) is 4.74 Å². The zero-order valence-corrected chi connectivity index (χ0v) is 13.8. The van der Waals surface area contributed by atoms with Gasteiger partial charge in [0.2, 0.25) is 0 Å². The van der Waals surface area contributed by atoms with Gasteiger partial charge in [0.15, 0.2) is 0 Å². The highest BCUT2D eigenvalue weighted by atomic mass is 19.4. The molecule has 0 spiro atoms. The first-order chi connectivity index (χ1) is 11.9. The lowest BCUT2D eigenvalue weighted by Crippen LogP contribution is -2.24. The zero-order chi connectivity index (χ0) is 20.3. The number of aryl methyl sites for hydroxylation is 1. The molecule has 9 heteroatoms. The molecule has 0 bridgehead atoms. The molecule has 0 aliphatic carbocycles. The van der Waals surface area contributed by atoms with Crippen molar-refractivity contribution in [3.63, 3.8) is 0 Å². The van der Waals surface area contributed by atoms with Crippen LogP contribution in [0.5, 0.6) is 5.75 Å². The van der Waals surface area contributed by atoms with Crippen molar-refractivity contribution in [2.45, 2.75) is 33.1 Å². The Morgan fingerprint density at radius 1 is 0.769 bits per heavy atom. The number of rotatable bonds is 3. The lowest BCUT2D eigenvalue weighted by molar-refractivity contribution is -0.187. The first kappa shape index (κ1) is 21.7. The smallest absolute Gasteiger partial charge is 0.429 e. The van der Waals surface area contributed by atoms with E-state index in [1.54, 1.807) is 0 Å². The fraction of sp³-hybridized carbons (Fsp3) is 0.294. The molecule has 0 saturated heterocycles. The van der Waals surface area contributed by atoms with Crippen molar-refractivity contribution in [1.29, 1.82) is 0 Å². The van der Waals surface area contributed by atoms with Gasteiger partial charge in [0.1, 0.15) is 28.8 Å². The Bertz CT molecular complexity index is 745. The maximum absolute atomic E-state index is 13.9. The van der Waals surface area contributed by atoms with E-state index in [1.165, 1.54) is 6.92 Å². The molecule has 2 aromatic carbocycles. The van der Waals surface area contributed by atoms with Gasteiger partial charge in [-0.25, -0.2) is 13.2 Å². The van der Waals surface area contributed by atoms with Crippen LogP contribution >= 0.6 is 0 Å². The molecule has 2 aromatic rings. The minimum absolute atomic E-state index is 0.0497. The number of hydrogen-bond acceptors (Lipinski definition) is 1. The summed E-state index contributed by atoms with van der Waals surface area (Å²) in [4.78, 5) is 0. The van der Waals surface area contributed by atoms with Gasteiger partial charge in [-0.3, -0.25) is 0 Å². The summed E-state index contributed by atoms with van der Waals surface area (Å²) in [7, 11) is 0. The summed E-state index contributed by atoms with van der Waals surface area (Å²) in [5, 5.41) is 0.